The Morgan fingerprint density at radius 2 is 1.39 bits per heavy atom. The van der Waals surface area contributed by atoms with E-state index in [1.807, 2.05) is 12.1 Å². The van der Waals surface area contributed by atoms with E-state index in [9.17, 15) is 0 Å². The molecule has 1 heteroatoms. The number of rotatable bonds is 6. The van der Waals surface area contributed by atoms with Crippen molar-refractivity contribution in [3.05, 3.63) is 113 Å². The number of fused-ring (bicyclic) bond motifs is 1. The van der Waals surface area contributed by atoms with E-state index in [2.05, 4.69) is 107 Å². The maximum Gasteiger partial charge on any atom is 0.101 e. The maximum absolute atomic E-state index is 6.46. The molecule has 0 spiro atoms. The van der Waals surface area contributed by atoms with Gasteiger partial charge < -0.3 is 4.74 Å². The minimum atomic E-state index is -0.0912. The van der Waals surface area contributed by atoms with Gasteiger partial charge in [0.1, 0.15) is 6.10 Å². The van der Waals surface area contributed by atoms with Crippen molar-refractivity contribution in [1.82, 2.24) is 0 Å². The summed E-state index contributed by atoms with van der Waals surface area (Å²) in [4.78, 5) is 0. The van der Waals surface area contributed by atoms with Gasteiger partial charge in [0, 0.05) is 0 Å². The third-order valence-corrected chi connectivity index (χ3v) is 6.74. The molecule has 0 saturated heterocycles. The van der Waals surface area contributed by atoms with E-state index in [1.165, 1.54) is 40.7 Å². The molecule has 0 heterocycles. The fraction of sp³-hybridized carbons (Fsp3) is 0.333. The van der Waals surface area contributed by atoms with Gasteiger partial charge in [-0.3, -0.25) is 0 Å². The van der Waals surface area contributed by atoms with Crippen molar-refractivity contribution in [1.29, 1.82) is 0 Å². The van der Waals surface area contributed by atoms with Crippen molar-refractivity contribution in [2.24, 2.45) is 0 Å². The van der Waals surface area contributed by atoms with Gasteiger partial charge in [0.25, 0.3) is 0 Å². The van der Waals surface area contributed by atoms with Crippen LogP contribution in [0.15, 0.2) is 84.9 Å². The van der Waals surface area contributed by atoms with E-state index in [1.54, 1.807) is 0 Å². The first-order valence-electron chi connectivity index (χ1n) is 11.4. The monoisotopic (exact) mass is 410 g/mol. The molecule has 4 rings (SSSR count). The topological polar surface area (TPSA) is 9.23 Å². The van der Waals surface area contributed by atoms with Crippen molar-refractivity contribution in [2.45, 2.75) is 64.1 Å². The summed E-state index contributed by atoms with van der Waals surface area (Å²) < 4.78 is 6.46. The zero-order valence-electron chi connectivity index (χ0n) is 19.3. The summed E-state index contributed by atoms with van der Waals surface area (Å²) in [6, 6.07) is 27.9. The van der Waals surface area contributed by atoms with Gasteiger partial charge in [-0.25, -0.2) is 0 Å². The molecule has 0 saturated carbocycles. The zero-order valence-corrected chi connectivity index (χ0v) is 19.3. The van der Waals surface area contributed by atoms with Gasteiger partial charge >= 0.3 is 0 Å². The van der Waals surface area contributed by atoms with E-state index >= 15 is 0 Å². The van der Waals surface area contributed by atoms with Crippen LogP contribution in [0.2, 0.25) is 0 Å². The molecule has 1 aliphatic carbocycles. The SMILES string of the molecule is CC1(C)CCC(C)(C)c2cc(C(C=Cc3ccccc3)OCc3ccccc3)ccc21. The Morgan fingerprint density at radius 1 is 0.774 bits per heavy atom. The van der Waals surface area contributed by atoms with Crippen LogP contribution >= 0.6 is 0 Å². The number of benzene rings is 3. The van der Waals surface area contributed by atoms with Gasteiger partial charge in [-0.1, -0.05) is 119 Å². The summed E-state index contributed by atoms with van der Waals surface area (Å²) in [7, 11) is 0. The number of hydrogen-bond acceptors (Lipinski definition) is 1. The number of hydrogen-bond donors (Lipinski definition) is 0. The summed E-state index contributed by atoms with van der Waals surface area (Å²) in [5.41, 5.74) is 6.99. The molecule has 1 nitrogen and oxygen atoms in total. The molecular weight excluding hydrogens is 376 g/mol. The van der Waals surface area contributed by atoms with Crippen LogP contribution in [0.3, 0.4) is 0 Å². The Bertz CT molecular complexity index is 1030. The second-order valence-electron chi connectivity index (χ2n) is 10.1. The predicted molar refractivity (Wildman–Crippen MR) is 131 cm³/mol. The Balaban J connectivity index is 1.68. The van der Waals surface area contributed by atoms with Crippen LogP contribution in [-0.4, -0.2) is 0 Å². The van der Waals surface area contributed by atoms with Crippen LogP contribution in [0.25, 0.3) is 6.08 Å². The Morgan fingerprint density at radius 3 is 2.06 bits per heavy atom. The second kappa shape index (κ2) is 8.85. The Hall–Kier alpha value is -2.64. The lowest BCUT2D eigenvalue weighted by Gasteiger charge is -2.42. The van der Waals surface area contributed by atoms with Gasteiger partial charge in [0.05, 0.1) is 6.61 Å². The molecule has 0 radical (unpaired) electrons. The predicted octanol–water partition coefficient (Wildman–Crippen LogP) is 8.01. The lowest BCUT2D eigenvalue weighted by Crippen LogP contribution is -2.34. The highest BCUT2D eigenvalue weighted by Gasteiger charge is 2.37. The quantitative estimate of drug-likeness (QED) is 0.400. The summed E-state index contributed by atoms with van der Waals surface area (Å²) >= 11 is 0. The van der Waals surface area contributed by atoms with Crippen molar-refractivity contribution in [3.8, 4) is 0 Å². The van der Waals surface area contributed by atoms with Crippen LogP contribution < -0.4 is 0 Å². The van der Waals surface area contributed by atoms with E-state index in [0.29, 0.717) is 6.61 Å². The molecule has 31 heavy (non-hydrogen) atoms. The summed E-state index contributed by atoms with van der Waals surface area (Å²) in [6.45, 7) is 10.1. The van der Waals surface area contributed by atoms with Gasteiger partial charge in [-0.2, -0.15) is 0 Å². The van der Waals surface area contributed by atoms with Crippen LogP contribution in [-0.2, 0) is 22.2 Å². The van der Waals surface area contributed by atoms with E-state index in [0.717, 1.165) is 0 Å². The molecule has 1 atom stereocenters. The molecule has 0 aromatic heterocycles. The van der Waals surface area contributed by atoms with Crippen molar-refractivity contribution >= 4 is 6.08 Å². The van der Waals surface area contributed by atoms with Gasteiger partial charge in [-0.05, 0) is 51.5 Å². The first kappa shape index (κ1) is 21.6. The first-order chi connectivity index (χ1) is 14.9. The minimum Gasteiger partial charge on any atom is -0.365 e. The highest BCUT2D eigenvalue weighted by atomic mass is 16.5. The van der Waals surface area contributed by atoms with Crippen LogP contribution in [0, 0.1) is 0 Å². The summed E-state index contributed by atoms with van der Waals surface area (Å²) in [5, 5.41) is 0. The minimum absolute atomic E-state index is 0.0912. The molecule has 0 fully saturated rings. The molecule has 0 N–H and O–H groups in total. The van der Waals surface area contributed by atoms with Crippen molar-refractivity contribution in [2.75, 3.05) is 0 Å². The molecular formula is C30H34O. The van der Waals surface area contributed by atoms with Crippen LogP contribution in [0.4, 0.5) is 0 Å². The van der Waals surface area contributed by atoms with E-state index in [4.69, 9.17) is 4.74 Å². The maximum atomic E-state index is 6.46. The number of ether oxygens (including phenoxy) is 1. The van der Waals surface area contributed by atoms with Gasteiger partial charge in [-0.15, -0.1) is 0 Å². The molecule has 1 aliphatic rings. The summed E-state index contributed by atoms with van der Waals surface area (Å²) in [6.07, 6.45) is 6.72. The zero-order chi connectivity index (χ0) is 21.9. The lowest BCUT2D eigenvalue weighted by atomic mass is 9.63. The fourth-order valence-corrected chi connectivity index (χ4v) is 4.57. The highest BCUT2D eigenvalue weighted by molar-refractivity contribution is 5.51. The molecule has 1 unspecified atom stereocenters. The highest BCUT2D eigenvalue weighted by Crippen LogP contribution is 2.46. The lowest BCUT2D eigenvalue weighted by molar-refractivity contribution is 0.0721. The third-order valence-electron chi connectivity index (χ3n) is 6.74. The standard InChI is InChI=1S/C30H34O/c1-29(2)19-20-30(3,4)27-21-25(16-17-26(27)29)28(18-15-23-11-7-5-8-12-23)31-22-24-13-9-6-10-14-24/h5-18,21,28H,19-20,22H2,1-4H3. The normalized spacial score (nSPS) is 17.9. The van der Waals surface area contributed by atoms with Crippen molar-refractivity contribution in [3.63, 3.8) is 0 Å². The molecule has 0 amide bonds. The average molecular weight is 411 g/mol. The first-order valence-corrected chi connectivity index (χ1v) is 11.4. The smallest absolute Gasteiger partial charge is 0.101 e. The van der Waals surface area contributed by atoms with E-state index in [-0.39, 0.29) is 16.9 Å². The van der Waals surface area contributed by atoms with Crippen LogP contribution in [0.1, 0.15) is 74.5 Å². The van der Waals surface area contributed by atoms with Gasteiger partial charge in [0.2, 0.25) is 0 Å². The van der Waals surface area contributed by atoms with Crippen molar-refractivity contribution < 1.29 is 4.74 Å². The fourth-order valence-electron chi connectivity index (χ4n) is 4.57. The van der Waals surface area contributed by atoms with Crippen LogP contribution in [0.5, 0.6) is 0 Å². The molecule has 3 aromatic rings. The average Bonchev–Trinajstić information content (AvgIpc) is 2.78. The van der Waals surface area contributed by atoms with Gasteiger partial charge in [0.15, 0.2) is 0 Å². The Labute approximate surface area is 187 Å². The Kier molecular flexibility index (Phi) is 6.16. The molecule has 0 aliphatic heterocycles. The second-order valence-corrected chi connectivity index (χ2v) is 10.1. The molecule has 3 aromatic carbocycles. The van der Waals surface area contributed by atoms with E-state index < -0.39 is 0 Å². The molecule has 160 valence electrons. The largest absolute Gasteiger partial charge is 0.365 e. The third kappa shape index (κ3) is 4.99. The summed E-state index contributed by atoms with van der Waals surface area (Å²) in [5.74, 6) is 0. The molecule has 0 bridgehead atoms.